The van der Waals surface area contributed by atoms with Crippen LogP contribution in [0.2, 0.25) is 0 Å². The van der Waals surface area contributed by atoms with Gasteiger partial charge in [-0.3, -0.25) is 4.98 Å². The van der Waals surface area contributed by atoms with Gasteiger partial charge in [0.25, 0.3) is 0 Å². The number of nitrogens with zero attached hydrogens (tertiary/aromatic N) is 2. The minimum atomic E-state index is -0.0352. The molecule has 6 heteroatoms. The van der Waals surface area contributed by atoms with Crippen molar-refractivity contribution in [3.63, 3.8) is 0 Å². The van der Waals surface area contributed by atoms with Gasteiger partial charge in [-0.1, -0.05) is 6.07 Å². The van der Waals surface area contributed by atoms with Crippen LogP contribution in [0.15, 0.2) is 42.7 Å². The number of rotatable bonds is 3. The molecule has 1 saturated heterocycles. The molecule has 0 spiro atoms. The van der Waals surface area contributed by atoms with Crippen molar-refractivity contribution < 1.29 is 14.3 Å². The molecule has 124 valence electrons. The van der Waals surface area contributed by atoms with Crippen molar-refractivity contribution in [2.45, 2.75) is 25.4 Å². The first-order valence-electron chi connectivity index (χ1n) is 8.14. The summed E-state index contributed by atoms with van der Waals surface area (Å²) in [6.07, 6.45) is 5.55. The second-order valence-corrected chi connectivity index (χ2v) is 5.98. The first-order chi connectivity index (χ1) is 11.8. The number of hydrogen-bond acceptors (Lipinski definition) is 4. The van der Waals surface area contributed by atoms with Crippen molar-refractivity contribution in [1.82, 2.24) is 15.2 Å². The van der Waals surface area contributed by atoms with Crippen molar-refractivity contribution >= 4 is 6.03 Å². The number of fused-ring (bicyclic) bond motifs is 1. The van der Waals surface area contributed by atoms with Crippen LogP contribution in [0, 0.1) is 0 Å². The maximum atomic E-state index is 12.6. The second kappa shape index (κ2) is 6.39. The molecule has 0 bridgehead atoms. The first kappa shape index (κ1) is 14.8. The summed E-state index contributed by atoms with van der Waals surface area (Å²) in [4.78, 5) is 18.5. The predicted octanol–water partition coefficient (Wildman–Crippen LogP) is 2.86. The van der Waals surface area contributed by atoms with Crippen molar-refractivity contribution in [3.8, 4) is 11.5 Å². The second-order valence-electron chi connectivity index (χ2n) is 5.98. The minimum absolute atomic E-state index is 0.0352. The van der Waals surface area contributed by atoms with Crippen LogP contribution in [-0.2, 0) is 6.54 Å². The number of carbonyl (C=O) groups excluding carboxylic acids is 1. The van der Waals surface area contributed by atoms with Gasteiger partial charge >= 0.3 is 6.03 Å². The number of ether oxygens (including phenoxy) is 2. The van der Waals surface area contributed by atoms with Crippen molar-refractivity contribution in [2.24, 2.45) is 0 Å². The highest BCUT2D eigenvalue weighted by molar-refractivity contribution is 5.75. The third-order valence-electron chi connectivity index (χ3n) is 4.49. The third kappa shape index (κ3) is 2.87. The highest BCUT2D eigenvalue weighted by Crippen LogP contribution is 2.33. The van der Waals surface area contributed by atoms with Crippen LogP contribution in [0.5, 0.6) is 11.5 Å². The molecule has 1 N–H and O–H groups in total. The van der Waals surface area contributed by atoms with Gasteiger partial charge in [-0.2, -0.15) is 0 Å². The summed E-state index contributed by atoms with van der Waals surface area (Å²) in [7, 11) is 0. The molecule has 1 aromatic heterocycles. The van der Waals surface area contributed by atoms with Crippen LogP contribution in [0.3, 0.4) is 0 Å². The van der Waals surface area contributed by atoms with E-state index in [0.717, 1.165) is 42.0 Å². The number of carbonyl (C=O) groups is 1. The largest absolute Gasteiger partial charge is 0.454 e. The van der Waals surface area contributed by atoms with Gasteiger partial charge in [-0.05, 0) is 48.2 Å². The number of aromatic nitrogens is 1. The Balaban J connectivity index is 1.40. The Hall–Kier alpha value is -2.76. The van der Waals surface area contributed by atoms with Gasteiger partial charge in [0.05, 0.1) is 6.04 Å². The van der Waals surface area contributed by atoms with Crippen LogP contribution in [0.1, 0.15) is 30.0 Å². The van der Waals surface area contributed by atoms with E-state index in [-0.39, 0.29) is 18.9 Å². The van der Waals surface area contributed by atoms with Gasteiger partial charge in [0.15, 0.2) is 11.5 Å². The Morgan fingerprint density at radius 1 is 1.21 bits per heavy atom. The zero-order valence-electron chi connectivity index (χ0n) is 13.3. The molecule has 1 aromatic carbocycles. The maximum Gasteiger partial charge on any atom is 0.318 e. The molecule has 1 atom stereocenters. The number of hydrogen-bond donors (Lipinski definition) is 1. The monoisotopic (exact) mass is 325 g/mol. The number of pyridine rings is 1. The Bertz CT molecular complexity index is 736. The van der Waals surface area contributed by atoms with Gasteiger partial charge in [-0.25, -0.2) is 4.79 Å². The van der Waals surface area contributed by atoms with Gasteiger partial charge in [0.2, 0.25) is 6.79 Å². The number of urea groups is 1. The van der Waals surface area contributed by atoms with E-state index in [0.29, 0.717) is 6.54 Å². The average Bonchev–Trinajstić information content (AvgIpc) is 3.29. The normalized spacial score (nSPS) is 18.7. The predicted molar refractivity (Wildman–Crippen MR) is 87.7 cm³/mol. The lowest BCUT2D eigenvalue weighted by molar-refractivity contribution is 0.174. The van der Waals surface area contributed by atoms with Crippen molar-refractivity contribution in [1.29, 1.82) is 0 Å². The summed E-state index contributed by atoms with van der Waals surface area (Å²) >= 11 is 0. The summed E-state index contributed by atoms with van der Waals surface area (Å²) in [5, 5.41) is 3.01. The molecular formula is C18H19N3O3. The molecule has 2 aromatic rings. The topological polar surface area (TPSA) is 63.7 Å². The molecule has 24 heavy (non-hydrogen) atoms. The Kier molecular flexibility index (Phi) is 3.94. The van der Waals surface area contributed by atoms with E-state index in [1.807, 2.05) is 35.2 Å². The summed E-state index contributed by atoms with van der Waals surface area (Å²) in [5.41, 5.74) is 2.13. The Labute approximate surface area is 140 Å². The van der Waals surface area contributed by atoms with Crippen LogP contribution >= 0.6 is 0 Å². The third-order valence-corrected chi connectivity index (χ3v) is 4.49. The van der Waals surface area contributed by atoms with E-state index >= 15 is 0 Å². The molecule has 6 nitrogen and oxygen atoms in total. The summed E-state index contributed by atoms with van der Waals surface area (Å²) < 4.78 is 10.7. The lowest BCUT2D eigenvalue weighted by atomic mass is 10.1. The molecule has 1 fully saturated rings. The van der Waals surface area contributed by atoms with Crippen LogP contribution in [-0.4, -0.2) is 29.3 Å². The lowest BCUT2D eigenvalue weighted by Gasteiger charge is -2.25. The molecule has 2 amide bonds. The van der Waals surface area contributed by atoms with Gasteiger partial charge in [0.1, 0.15) is 0 Å². The highest BCUT2D eigenvalue weighted by atomic mass is 16.7. The van der Waals surface area contributed by atoms with Crippen molar-refractivity contribution in [3.05, 3.63) is 53.9 Å². The molecule has 4 rings (SSSR count). The van der Waals surface area contributed by atoms with Crippen LogP contribution in [0.4, 0.5) is 4.79 Å². The molecule has 3 heterocycles. The average molecular weight is 325 g/mol. The smallest absolute Gasteiger partial charge is 0.318 e. The van der Waals surface area contributed by atoms with Gasteiger partial charge in [0, 0.05) is 25.5 Å². The van der Waals surface area contributed by atoms with E-state index in [2.05, 4.69) is 10.3 Å². The van der Waals surface area contributed by atoms with E-state index in [4.69, 9.17) is 9.47 Å². The summed E-state index contributed by atoms with van der Waals surface area (Å²) in [6.45, 7) is 1.50. The number of benzene rings is 1. The zero-order valence-corrected chi connectivity index (χ0v) is 13.3. The van der Waals surface area contributed by atoms with E-state index in [1.165, 1.54) is 0 Å². The number of nitrogens with one attached hydrogen (secondary N) is 1. The zero-order chi connectivity index (χ0) is 16.4. The standard InChI is InChI=1S/C18H19N3O3/c22-18(20-11-13-3-4-16-17(10-13)24-12-23-16)21-9-1-2-15(21)14-5-7-19-8-6-14/h3-8,10,15H,1-2,9,11-12H2,(H,20,22)/t15-/m0/s1. The van der Waals surface area contributed by atoms with Gasteiger partial charge in [-0.15, -0.1) is 0 Å². The summed E-state index contributed by atoms with van der Waals surface area (Å²) in [6, 6.07) is 9.78. The first-order valence-corrected chi connectivity index (χ1v) is 8.14. The van der Waals surface area contributed by atoms with Crippen molar-refractivity contribution in [2.75, 3.05) is 13.3 Å². The fourth-order valence-electron chi connectivity index (χ4n) is 3.27. The maximum absolute atomic E-state index is 12.6. The molecular weight excluding hydrogens is 306 g/mol. The minimum Gasteiger partial charge on any atom is -0.454 e. The molecule has 2 aliphatic heterocycles. The molecule has 0 aliphatic carbocycles. The quantitative estimate of drug-likeness (QED) is 0.942. The fourth-order valence-corrected chi connectivity index (χ4v) is 3.27. The highest BCUT2D eigenvalue weighted by Gasteiger charge is 2.29. The van der Waals surface area contributed by atoms with E-state index < -0.39 is 0 Å². The Morgan fingerprint density at radius 2 is 2.04 bits per heavy atom. The Morgan fingerprint density at radius 3 is 2.92 bits per heavy atom. The molecule has 0 unspecified atom stereocenters. The SMILES string of the molecule is O=C(NCc1ccc2c(c1)OCO2)N1CCC[C@H]1c1ccncc1. The number of likely N-dealkylation sites (tertiary alicyclic amines) is 1. The number of amides is 2. The van der Waals surface area contributed by atoms with Crippen LogP contribution < -0.4 is 14.8 Å². The molecule has 2 aliphatic rings. The molecule has 0 saturated carbocycles. The van der Waals surface area contributed by atoms with E-state index in [1.54, 1.807) is 12.4 Å². The lowest BCUT2D eigenvalue weighted by Crippen LogP contribution is -2.39. The van der Waals surface area contributed by atoms with Crippen LogP contribution in [0.25, 0.3) is 0 Å². The van der Waals surface area contributed by atoms with Gasteiger partial charge < -0.3 is 19.7 Å². The summed E-state index contributed by atoms with van der Waals surface area (Å²) in [5.74, 6) is 1.49. The molecule has 0 radical (unpaired) electrons. The van der Waals surface area contributed by atoms with E-state index in [9.17, 15) is 4.79 Å². The fraction of sp³-hybridized carbons (Fsp3) is 0.333.